The number of hydrazine groups is 1. The minimum atomic E-state index is -0.0375. The van der Waals surface area contributed by atoms with Crippen LogP contribution in [-0.4, -0.2) is 18.1 Å². The second kappa shape index (κ2) is 7.53. The molecule has 130 valence electrons. The van der Waals surface area contributed by atoms with E-state index in [0.29, 0.717) is 11.0 Å². The maximum Gasteiger partial charge on any atom is 0.242 e. The minimum Gasteiger partial charge on any atom is -0.497 e. The monoisotopic (exact) mass is 355 g/mol. The van der Waals surface area contributed by atoms with Crippen LogP contribution in [0.3, 0.4) is 0 Å². The van der Waals surface area contributed by atoms with Crippen LogP contribution < -0.4 is 20.9 Å². The molecule has 0 spiro atoms. The summed E-state index contributed by atoms with van der Waals surface area (Å²) in [5.41, 5.74) is 8.69. The van der Waals surface area contributed by atoms with Gasteiger partial charge in [0, 0.05) is 11.6 Å². The maximum absolute atomic E-state index is 12.2. The molecule has 0 saturated heterocycles. The van der Waals surface area contributed by atoms with Crippen molar-refractivity contribution >= 4 is 28.9 Å². The van der Waals surface area contributed by atoms with Crippen LogP contribution in [0.2, 0.25) is 0 Å². The first kappa shape index (κ1) is 17.2. The molecular formula is C19H21N3O2S. The topological polar surface area (TPSA) is 62.4 Å². The molecule has 2 aromatic carbocycles. The number of hydrogen-bond donors (Lipinski definition) is 3. The second-order valence-corrected chi connectivity index (χ2v) is 6.56. The molecule has 0 unspecified atom stereocenters. The lowest BCUT2D eigenvalue weighted by molar-refractivity contribution is -0.122. The molecule has 0 aromatic heterocycles. The molecule has 3 N–H and O–H groups in total. The van der Waals surface area contributed by atoms with Crippen molar-refractivity contribution in [3.8, 4) is 5.75 Å². The molecule has 3 rings (SSSR count). The van der Waals surface area contributed by atoms with Crippen molar-refractivity contribution < 1.29 is 9.53 Å². The van der Waals surface area contributed by atoms with E-state index in [1.807, 2.05) is 24.3 Å². The summed E-state index contributed by atoms with van der Waals surface area (Å²) in [5, 5.41) is 3.35. The van der Waals surface area contributed by atoms with Gasteiger partial charge in [0.1, 0.15) is 5.75 Å². The number of aryl methyl sites for hydroxylation is 1. The van der Waals surface area contributed by atoms with Crippen molar-refractivity contribution in [2.24, 2.45) is 5.92 Å². The van der Waals surface area contributed by atoms with E-state index in [1.165, 1.54) is 11.1 Å². The third-order valence-corrected chi connectivity index (χ3v) is 4.48. The molecule has 25 heavy (non-hydrogen) atoms. The van der Waals surface area contributed by atoms with Crippen LogP contribution in [0.5, 0.6) is 5.75 Å². The Balaban J connectivity index is 1.44. The Hall–Kier alpha value is -2.60. The summed E-state index contributed by atoms with van der Waals surface area (Å²) in [7, 11) is 1.62. The Morgan fingerprint density at radius 1 is 1.08 bits per heavy atom. The smallest absolute Gasteiger partial charge is 0.242 e. The Morgan fingerprint density at radius 2 is 1.76 bits per heavy atom. The van der Waals surface area contributed by atoms with Crippen LogP contribution in [0.4, 0.5) is 5.69 Å². The largest absolute Gasteiger partial charge is 0.497 e. The molecule has 0 heterocycles. The van der Waals surface area contributed by atoms with Gasteiger partial charge in [-0.1, -0.05) is 29.8 Å². The maximum atomic E-state index is 12.2. The molecule has 1 aliphatic carbocycles. The standard InChI is InChI=1S/C19H21N3O2S/c1-12-3-5-13(6-4-12)16-11-17(16)18(23)21-22-19(25)20-14-7-9-15(24-2)10-8-14/h3-10,16-17H,11H2,1-2H3,(H,21,23)(H2,20,22,25)/t16-,17-/m1/s1. The number of benzene rings is 2. The zero-order valence-electron chi connectivity index (χ0n) is 14.2. The molecule has 1 fully saturated rings. The summed E-state index contributed by atoms with van der Waals surface area (Å²) in [4.78, 5) is 12.2. The zero-order chi connectivity index (χ0) is 17.8. The Morgan fingerprint density at radius 3 is 2.40 bits per heavy atom. The van der Waals surface area contributed by atoms with E-state index in [0.717, 1.165) is 17.9 Å². The summed E-state index contributed by atoms with van der Waals surface area (Å²) in [6.07, 6.45) is 0.870. The number of nitrogens with one attached hydrogen (secondary N) is 3. The number of thiocarbonyl (C=S) groups is 1. The van der Waals surface area contributed by atoms with Crippen LogP contribution in [0.25, 0.3) is 0 Å². The molecule has 0 radical (unpaired) electrons. The average Bonchev–Trinajstić information content (AvgIpc) is 3.42. The first-order valence-corrected chi connectivity index (χ1v) is 8.55. The molecule has 5 nitrogen and oxygen atoms in total. The number of rotatable bonds is 4. The highest BCUT2D eigenvalue weighted by molar-refractivity contribution is 7.80. The van der Waals surface area contributed by atoms with E-state index in [2.05, 4.69) is 47.4 Å². The van der Waals surface area contributed by atoms with Gasteiger partial charge in [0.05, 0.1) is 7.11 Å². The zero-order valence-corrected chi connectivity index (χ0v) is 15.0. The summed E-state index contributed by atoms with van der Waals surface area (Å²) in [6.45, 7) is 2.06. The fraction of sp³-hybridized carbons (Fsp3) is 0.263. The molecule has 6 heteroatoms. The van der Waals surface area contributed by atoms with Crippen LogP contribution in [0.1, 0.15) is 23.5 Å². The van der Waals surface area contributed by atoms with Crippen LogP contribution >= 0.6 is 12.2 Å². The van der Waals surface area contributed by atoms with E-state index in [1.54, 1.807) is 7.11 Å². The van der Waals surface area contributed by atoms with Gasteiger partial charge in [-0.15, -0.1) is 0 Å². The first-order valence-electron chi connectivity index (χ1n) is 8.14. The predicted octanol–water partition coefficient (Wildman–Crippen LogP) is 3.12. The van der Waals surface area contributed by atoms with Gasteiger partial charge in [0.25, 0.3) is 0 Å². The van der Waals surface area contributed by atoms with Crippen molar-refractivity contribution in [1.82, 2.24) is 10.9 Å². The van der Waals surface area contributed by atoms with Gasteiger partial charge in [-0.25, -0.2) is 0 Å². The predicted molar refractivity (Wildman–Crippen MR) is 103 cm³/mol. The van der Waals surface area contributed by atoms with Crippen LogP contribution in [0, 0.1) is 12.8 Å². The molecule has 2 atom stereocenters. The third kappa shape index (κ3) is 4.48. The van der Waals surface area contributed by atoms with Crippen LogP contribution in [0.15, 0.2) is 48.5 Å². The Kier molecular flexibility index (Phi) is 5.19. The molecule has 2 aromatic rings. The minimum absolute atomic E-state index is 0.000933. The number of amides is 1. The van der Waals surface area contributed by atoms with Gasteiger partial charge in [0.2, 0.25) is 5.91 Å². The highest BCUT2D eigenvalue weighted by Gasteiger charge is 2.43. The molecule has 0 bridgehead atoms. The normalized spacial score (nSPS) is 18.2. The van der Waals surface area contributed by atoms with Crippen molar-refractivity contribution in [2.45, 2.75) is 19.3 Å². The Bertz CT molecular complexity index is 759. The lowest BCUT2D eigenvalue weighted by Gasteiger charge is -2.12. The quantitative estimate of drug-likeness (QED) is 0.581. The first-order chi connectivity index (χ1) is 12.1. The van der Waals surface area contributed by atoms with Gasteiger partial charge in [-0.05, 0) is 61.3 Å². The van der Waals surface area contributed by atoms with Gasteiger partial charge in [-0.2, -0.15) is 0 Å². The molecule has 1 aliphatic rings. The number of hydrogen-bond acceptors (Lipinski definition) is 3. The van der Waals surface area contributed by atoms with Crippen LogP contribution in [-0.2, 0) is 4.79 Å². The summed E-state index contributed by atoms with van der Waals surface area (Å²) < 4.78 is 5.11. The summed E-state index contributed by atoms with van der Waals surface area (Å²) in [6, 6.07) is 15.7. The van der Waals surface area contributed by atoms with Gasteiger partial charge in [-0.3, -0.25) is 15.6 Å². The number of anilines is 1. The Labute approximate surface area is 152 Å². The molecular weight excluding hydrogens is 334 g/mol. The van der Waals surface area contributed by atoms with E-state index < -0.39 is 0 Å². The summed E-state index contributed by atoms with van der Waals surface area (Å²) >= 11 is 5.19. The lowest BCUT2D eigenvalue weighted by atomic mass is 10.1. The highest BCUT2D eigenvalue weighted by atomic mass is 32.1. The number of ether oxygens (including phenoxy) is 1. The van der Waals surface area contributed by atoms with Gasteiger partial charge in [0.15, 0.2) is 5.11 Å². The van der Waals surface area contributed by atoms with Crippen molar-refractivity contribution in [3.05, 3.63) is 59.7 Å². The van der Waals surface area contributed by atoms with Crippen molar-refractivity contribution in [3.63, 3.8) is 0 Å². The fourth-order valence-electron chi connectivity index (χ4n) is 2.71. The number of methoxy groups -OCH3 is 1. The van der Waals surface area contributed by atoms with E-state index in [4.69, 9.17) is 17.0 Å². The highest BCUT2D eigenvalue weighted by Crippen LogP contribution is 2.47. The number of carbonyl (C=O) groups excluding carboxylic acids is 1. The van der Waals surface area contributed by atoms with E-state index in [-0.39, 0.29) is 11.8 Å². The second-order valence-electron chi connectivity index (χ2n) is 6.16. The third-order valence-electron chi connectivity index (χ3n) is 4.28. The average molecular weight is 355 g/mol. The molecule has 0 aliphatic heterocycles. The lowest BCUT2D eigenvalue weighted by Crippen LogP contribution is -2.44. The van der Waals surface area contributed by atoms with E-state index >= 15 is 0 Å². The summed E-state index contributed by atoms with van der Waals surface area (Å²) in [5.74, 6) is 1.03. The van der Waals surface area contributed by atoms with Crippen molar-refractivity contribution in [1.29, 1.82) is 0 Å². The SMILES string of the molecule is COc1ccc(NC(=S)NNC(=O)[C@@H]2C[C@@H]2c2ccc(C)cc2)cc1. The van der Waals surface area contributed by atoms with Crippen molar-refractivity contribution in [2.75, 3.05) is 12.4 Å². The van der Waals surface area contributed by atoms with Gasteiger partial charge < -0.3 is 10.1 Å². The van der Waals surface area contributed by atoms with Gasteiger partial charge >= 0.3 is 0 Å². The molecule has 1 saturated carbocycles. The fourth-order valence-corrected chi connectivity index (χ4v) is 2.88. The van der Waals surface area contributed by atoms with E-state index in [9.17, 15) is 4.79 Å². The number of carbonyl (C=O) groups is 1. The molecule has 1 amide bonds.